The minimum Gasteiger partial charge on any atom is -0.478 e. The standard InChI is InChI=1S/C16H17NO4/c1-3-17(4-2)14-7-5-11(9-13(14)16(19)20)15-8-6-12(10-18)21-15/h5-10H,3-4H2,1-2H3,(H,19,20). The quantitative estimate of drug-likeness (QED) is 0.825. The Bertz CT molecular complexity index is 656. The molecular formula is C16H17NO4. The van der Waals surface area contributed by atoms with E-state index in [0.29, 0.717) is 23.3 Å². The van der Waals surface area contributed by atoms with Crippen molar-refractivity contribution in [3.8, 4) is 11.3 Å². The molecule has 0 unspecified atom stereocenters. The van der Waals surface area contributed by atoms with Crippen LogP contribution >= 0.6 is 0 Å². The smallest absolute Gasteiger partial charge is 0.337 e. The van der Waals surface area contributed by atoms with Crippen LogP contribution in [0.1, 0.15) is 34.8 Å². The molecule has 0 bridgehead atoms. The Hall–Kier alpha value is -2.56. The minimum absolute atomic E-state index is 0.217. The van der Waals surface area contributed by atoms with Crippen molar-refractivity contribution in [2.45, 2.75) is 13.8 Å². The number of carboxylic acids is 1. The van der Waals surface area contributed by atoms with E-state index in [0.717, 1.165) is 13.1 Å². The van der Waals surface area contributed by atoms with Gasteiger partial charge in [0.25, 0.3) is 0 Å². The highest BCUT2D eigenvalue weighted by Crippen LogP contribution is 2.28. The molecule has 21 heavy (non-hydrogen) atoms. The molecule has 1 aromatic heterocycles. The first-order valence-electron chi connectivity index (χ1n) is 6.78. The molecule has 0 aliphatic rings. The molecule has 5 heteroatoms. The average Bonchev–Trinajstić information content (AvgIpc) is 2.97. The van der Waals surface area contributed by atoms with E-state index in [2.05, 4.69) is 0 Å². The first-order chi connectivity index (χ1) is 10.1. The molecule has 110 valence electrons. The third-order valence-corrected chi connectivity index (χ3v) is 3.36. The van der Waals surface area contributed by atoms with Crippen molar-refractivity contribution in [3.63, 3.8) is 0 Å². The van der Waals surface area contributed by atoms with Crippen LogP contribution in [0.5, 0.6) is 0 Å². The summed E-state index contributed by atoms with van der Waals surface area (Å²) in [7, 11) is 0. The molecule has 2 aromatic rings. The molecule has 1 aromatic carbocycles. The van der Waals surface area contributed by atoms with Gasteiger partial charge in [0, 0.05) is 18.7 Å². The summed E-state index contributed by atoms with van der Waals surface area (Å²) >= 11 is 0. The fourth-order valence-electron chi connectivity index (χ4n) is 2.27. The van der Waals surface area contributed by atoms with Crippen LogP contribution < -0.4 is 4.90 Å². The molecule has 5 nitrogen and oxygen atoms in total. The van der Waals surface area contributed by atoms with E-state index in [4.69, 9.17) is 4.42 Å². The largest absolute Gasteiger partial charge is 0.478 e. The van der Waals surface area contributed by atoms with Gasteiger partial charge in [0.1, 0.15) is 5.76 Å². The molecule has 0 aliphatic carbocycles. The Morgan fingerprint density at radius 1 is 1.24 bits per heavy atom. The van der Waals surface area contributed by atoms with Gasteiger partial charge in [-0.15, -0.1) is 0 Å². The lowest BCUT2D eigenvalue weighted by atomic mass is 10.1. The van der Waals surface area contributed by atoms with Crippen LogP contribution in [0.25, 0.3) is 11.3 Å². The molecule has 0 fully saturated rings. The Morgan fingerprint density at radius 2 is 1.95 bits per heavy atom. The van der Waals surface area contributed by atoms with Gasteiger partial charge in [-0.25, -0.2) is 4.79 Å². The third-order valence-electron chi connectivity index (χ3n) is 3.36. The number of aromatic carboxylic acids is 1. The van der Waals surface area contributed by atoms with Crippen LogP contribution in [0.4, 0.5) is 5.69 Å². The zero-order valence-corrected chi connectivity index (χ0v) is 12.0. The normalized spacial score (nSPS) is 10.4. The van der Waals surface area contributed by atoms with E-state index < -0.39 is 5.97 Å². The number of hydrogen-bond donors (Lipinski definition) is 1. The van der Waals surface area contributed by atoms with Crippen molar-refractivity contribution >= 4 is 17.9 Å². The third kappa shape index (κ3) is 2.97. The van der Waals surface area contributed by atoms with E-state index in [-0.39, 0.29) is 11.3 Å². The fraction of sp³-hybridized carbons (Fsp3) is 0.250. The molecule has 0 amide bonds. The van der Waals surface area contributed by atoms with Crippen molar-refractivity contribution in [2.24, 2.45) is 0 Å². The number of furan rings is 1. The van der Waals surface area contributed by atoms with Crippen molar-refractivity contribution < 1.29 is 19.1 Å². The van der Waals surface area contributed by atoms with Crippen molar-refractivity contribution in [3.05, 3.63) is 41.7 Å². The second-order valence-corrected chi connectivity index (χ2v) is 4.53. The summed E-state index contributed by atoms with van der Waals surface area (Å²) in [6.45, 7) is 5.41. The summed E-state index contributed by atoms with van der Waals surface area (Å²) in [6.07, 6.45) is 0.617. The predicted octanol–water partition coefficient (Wildman–Crippen LogP) is 3.30. The predicted molar refractivity (Wildman–Crippen MR) is 80.1 cm³/mol. The molecule has 1 heterocycles. The maximum absolute atomic E-state index is 11.5. The number of carbonyl (C=O) groups excluding carboxylic acids is 1. The SMILES string of the molecule is CCN(CC)c1ccc(-c2ccc(C=O)o2)cc1C(=O)O. The van der Waals surface area contributed by atoms with E-state index in [1.54, 1.807) is 30.3 Å². The number of carboxylic acid groups (broad SMARTS) is 1. The van der Waals surface area contributed by atoms with Crippen molar-refractivity contribution in [2.75, 3.05) is 18.0 Å². The van der Waals surface area contributed by atoms with Crippen LogP contribution in [0.3, 0.4) is 0 Å². The zero-order chi connectivity index (χ0) is 15.4. The van der Waals surface area contributed by atoms with Gasteiger partial charge in [-0.1, -0.05) is 0 Å². The Balaban J connectivity index is 2.49. The lowest BCUT2D eigenvalue weighted by molar-refractivity contribution is 0.0697. The summed E-state index contributed by atoms with van der Waals surface area (Å²) in [5.41, 5.74) is 1.54. The number of rotatable bonds is 6. The molecule has 0 atom stereocenters. The molecule has 0 aliphatic heterocycles. The fourth-order valence-corrected chi connectivity index (χ4v) is 2.27. The van der Waals surface area contributed by atoms with Crippen LogP contribution in [-0.2, 0) is 0 Å². The van der Waals surface area contributed by atoms with Crippen molar-refractivity contribution in [1.82, 2.24) is 0 Å². The average molecular weight is 287 g/mol. The highest BCUT2D eigenvalue weighted by atomic mass is 16.4. The summed E-state index contributed by atoms with van der Waals surface area (Å²) in [5.74, 6) is -0.290. The second kappa shape index (κ2) is 6.26. The monoisotopic (exact) mass is 287 g/mol. The number of hydrogen-bond acceptors (Lipinski definition) is 4. The van der Waals surface area contributed by atoms with Gasteiger partial charge in [0.15, 0.2) is 12.0 Å². The molecule has 0 radical (unpaired) electrons. The van der Waals surface area contributed by atoms with Crippen LogP contribution in [0.2, 0.25) is 0 Å². The number of benzene rings is 1. The Labute approximate surface area is 122 Å². The topological polar surface area (TPSA) is 70.8 Å². The second-order valence-electron chi connectivity index (χ2n) is 4.53. The molecule has 0 saturated heterocycles. The minimum atomic E-state index is -0.985. The lowest BCUT2D eigenvalue weighted by Gasteiger charge is -2.23. The van der Waals surface area contributed by atoms with Gasteiger partial charge in [-0.2, -0.15) is 0 Å². The van der Waals surface area contributed by atoms with E-state index in [1.165, 1.54) is 0 Å². The lowest BCUT2D eigenvalue weighted by Crippen LogP contribution is -2.24. The summed E-state index contributed by atoms with van der Waals surface area (Å²) in [6, 6.07) is 8.36. The molecule has 2 rings (SSSR count). The first-order valence-corrected chi connectivity index (χ1v) is 6.78. The van der Waals surface area contributed by atoms with Crippen LogP contribution in [0.15, 0.2) is 34.7 Å². The summed E-state index contributed by atoms with van der Waals surface area (Å²) < 4.78 is 5.33. The molecule has 0 spiro atoms. The Kier molecular flexibility index (Phi) is 4.42. The van der Waals surface area contributed by atoms with Gasteiger partial charge in [-0.05, 0) is 44.2 Å². The van der Waals surface area contributed by atoms with E-state index in [9.17, 15) is 14.7 Å². The van der Waals surface area contributed by atoms with Gasteiger partial charge in [0.2, 0.25) is 0 Å². The summed E-state index contributed by atoms with van der Waals surface area (Å²) in [5, 5.41) is 9.41. The molecular weight excluding hydrogens is 270 g/mol. The number of aldehydes is 1. The Morgan fingerprint density at radius 3 is 2.48 bits per heavy atom. The van der Waals surface area contributed by atoms with Crippen molar-refractivity contribution in [1.29, 1.82) is 0 Å². The zero-order valence-electron chi connectivity index (χ0n) is 12.0. The van der Waals surface area contributed by atoms with Crippen LogP contribution in [0, 0.1) is 0 Å². The first kappa shape index (κ1) is 14.8. The van der Waals surface area contributed by atoms with Gasteiger partial charge >= 0.3 is 5.97 Å². The molecule has 0 saturated carbocycles. The van der Waals surface area contributed by atoms with Crippen LogP contribution in [-0.4, -0.2) is 30.5 Å². The van der Waals surface area contributed by atoms with Gasteiger partial charge in [-0.3, -0.25) is 4.79 Å². The van der Waals surface area contributed by atoms with E-state index >= 15 is 0 Å². The van der Waals surface area contributed by atoms with Gasteiger partial charge in [0.05, 0.1) is 11.3 Å². The number of carbonyl (C=O) groups is 2. The van der Waals surface area contributed by atoms with Gasteiger partial charge < -0.3 is 14.4 Å². The maximum atomic E-state index is 11.5. The van der Waals surface area contributed by atoms with E-state index in [1.807, 2.05) is 18.7 Å². The summed E-state index contributed by atoms with van der Waals surface area (Å²) in [4.78, 5) is 24.1. The number of anilines is 1. The highest BCUT2D eigenvalue weighted by Gasteiger charge is 2.16. The number of nitrogens with zero attached hydrogens (tertiary/aromatic N) is 1. The maximum Gasteiger partial charge on any atom is 0.337 e. The molecule has 1 N–H and O–H groups in total. The highest BCUT2D eigenvalue weighted by molar-refractivity contribution is 5.96.